The third kappa shape index (κ3) is 3.24. The first kappa shape index (κ1) is 14.5. The second-order valence-electron chi connectivity index (χ2n) is 4.31. The van der Waals surface area contributed by atoms with Crippen LogP contribution in [0.1, 0.15) is 62.9 Å². The van der Waals surface area contributed by atoms with Crippen LogP contribution in [0.4, 0.5) is 5.82 Å². The van der Waals surface area contributed by atoms with Gasteiger partial charge in [-0.15, -0.1) is 0 Å². The second-order valence-corrected chi connectivity index (χ2v) is 4.31. The molecule has 1 unspecified atom stereocenters. The number of nitrogens with zero attached hydrogens (tertiary/aromatic N) is 2. The molecule has 0 radical (unpaired) electrons. The third-order valence-corrected chi connectivity index (χ3v) is 3.04. The first-order chi connectivity index (χ1) is 8.65. The minimum Gasteiger partial charge on any atom is -0.462 e. The van der Waals surface area contributed by atoms with E-state index in [1.54, 1.807) is 11.6 Å². The van der Waals surface area contributed by atoms with E-state index in [4.69, 9.17) is 10.5 Å². The fraction of sp³-hybridized carbons (Fsp3) is 0.692. The van der Waals surface area contributed by atoms with Crippen molar-refractivity contribution in [3.8, 4) is 0 Å². The SMILES string of the molecule is CCCCC(CC)n1ncc(C(=O)OCC)c1N. The number of unbranched alkanes of at least 4 members (excludes halogenated alkanes) is 1. The molecule has 1 aromatic rings. The number of aromatic nitrogens is 2. The Morgan fingerprint density at radius 2 is 2.22 bits per heavy atom. The Kier molecular flexibility index (Phi) is 5.68. The van der Waals surface area contributed by atoms with Crippen molar-refractivity contribution in [2.75, 3.05) is 12.3 Å². The van der Waals surface area contributed by atoms with Gasteiger partial charge in [0, 0.05) is 0 Å². The highest BCUT2D eigenvalue weighted by Gasteiger charge is 2.20. The van der Waals surface area contributed by atoms with Gasteiger partial charge in [-0.3, -0.25) is 0 Å². The summed E-state index contributed by atoms with van der Waals surface area (Å²) in [6.45, 7) is 6.37. The Balaban J connectivity index is 2.86. The van der Waals surface area contributed by atoms with Gasteiger partial charge in [-0.1, -0.05) is 26.7 Å². The Labute approximate surface area is 108 Å². The summed E-state index contributed by atoms with van der Waals surface area (Å²) in [7, 11) is 0. The largest absolute Gasteiger partial charge is 0.462 e. The maximum atomic E-state index is 11.6. The van der Waals surface area contributed by atoms with Gasteiger partial charge in [-0.2, -0.15) is 5.10 Å². The van der Waals surface area contributed by atoms with Gasteiger partial charge in [0.1, 0.15) is 11.4 Å². The molecule has 0 bridgehead atoms. The molecule has 2 N–H and O–H groups in total. The van der Waals surface area contributed by atoms with Crippen LogP contribution < -0.4 is 5.73 Å². The molecule has 18 heavy (non-hydrogen) atoms. The van der Waals surface area contributed by atoms with Crippen LogP contribution in [0.15, 0.2) is 6.20 Å². The molecular weight excluding hydrogens is 230 g/mol. The van der Waals surface area contributed by atoms with Gasteiger partial charge < -0.3 is 10.5 Å². The summed E-state index contributed by atoms with van der Waals surface area (Å²) in [5, 5.41) is 4.23. The standard InChI is InChI=1S/C13H23N3O2/c1-4-7-8-10(5-2)16-12(14)11(9-15-16)13(17)18-6-3/h9-10H,4-8,14H2,1-3H3. The van der Waals surface area contributed by atoms with Crippen molar-refractivity contribution in [1.82, 2.24) is 9.78 Å². The number of esters is 1. The van der Waals surface area contributed by atoms with Gasteiger partial charge in [0.2, 0.25) is 0 Å². The molecule has 5 nitrogen and oxygen atoms in total. The maximum absolute atomic E-state index is 11.6. The fourth-order valence-corrected chi connectivity index (χ4v) is 1.97. The number of hydrogen-bond donors (Lipinski definition) is 1. The smallest absolute Gasteiger partial charge is 0.343 e. The molecule has 0 saturated heterocycles. The quantitative estimate of drug-likeness (QED) is 0.758. The average molecular weight is 253 g/mol. The van der Waals surface area contributed by atoms with Crippen LogP contribution >= 0.6 is 0 Å². The summed E-state index contributed by atoms with van der Waals surface area (Å²) in [6.07, 6.45) is 5.76. The predicted octanol–water partition coefficient (Wildman–Crippen LogP) is 2.78. The van der Waals surface area contributed by atoms with Gasteiger partial charge in [-0.05, 0) is 19.8 Å². The Morgan fingerprint density at radius 1 is 1.50 bits per heavy atom. The molecule has 1 atom stereocenters. The van der Waals surface area contributed by atoms with Gasteiger partial charge >= 0.3 is 5.97 Å². The highest BCUT2D eigenvalue weighted by atomic mass is 16.5. The number of anilines is 1. The van der Waals surface area contributed by atoms with E-state index in [0.29, 0.717) is 18.0 Å². The van der Waals surface area contributed by atoms with E-state index in [1.165, 1.54) is 6.20 Å². The van der Waals surface area contributed by atoms with Crippen molar-refractivity contribution in [3.63, 3.8) is 0 Å². The molecule has 0 saturated carbocycles. The summed E-state index contributed by atoms with van der Waals surface area (Å²) in [5.74, 6) is 0.0167. The Morgan fingerprint density at radius 3 is 2.78 bits per heavy atom. The van der Waals surface area contributed by atoms with E-state index >= 15 is 0 Å². The minimum atomic E-state index is -0.397. The number of hydrogen-bond acceptors (Lipinski definition) is 4. The topological polar surface area (TPSA) is 70.1 Å². The van der Waals surface area contributed by atoms with E-state index in [9.17, 15) is 4.79 Å². The third-order valence-electron chi connectivity index (χ3n) is 3.04. The predicted molar refractivity (Wildman–Crippen MR) is 71.4 cm³/mol. The van der Waals surface area contributed by atoms with E-state index in [2.05, 4.69) is 18.9 Å². The van der Waals surface area contributed by atoms with Gasteiger partial charge in [0.15, 0.2) is 0 Å². The van der Waals surface area contributed by atoms with Crippen LogP contribution in [0.3, 0.4) is 0 Å². The van der Waals surface area contributed by atoms with Crippen LogP contribution in [0, 0.1) is 0 Å². The summed E-state index contributed by atoms with van der Waals surface area (Å²) in [6, 6.07) is 0.258. The van der Waals surface area contributed by atoms with Gasteiger partial charge in [0.25, 0.3) is 0 Å². The van der Waals surface area contributed by atoms with Crippen molar-refractivity contribution in [3.05, 3.63) is 11.8 Å². The molecule has 1 aromatic heterocycles. The molecule has 0 aliphatic heterocycles. The maximum Gasteiger partial charge on any atom is 0.343 e. The van der Waals surface area contributed by atoms with Crippen LogP contribution in [0.2, 0.25) is 0 Å². The highest BCUT2D eigenvalue weighted by Crippen LogP contribution is 2.24. The summed E-state index contributed by atoms with van der Waals surface area (Å²) < 4.78 is 6.70. The number of carbonyl (C=O) groups is 1. The molecule has 5 heteroatoms. The molecule has 0 spiro atoms. The molecule has 1 rings (SSSR count). The number of nitrogens with two attached hydrogens (primary N) is 1. The van der Waals surface area contributed by atoms with Crippen molar-refractivity contribution in [1.29, 1.82) is 0 Å². The first-order valence-corrected chi connectivity index (χ1v) is 6.65. The lowest BCUT2D eigenvalue weighted by atomic mass is 10.1. The van der Waals surface area contributed by atoms with Crippen LogP contribution in [0.25, 0.3) is 0 Å². The van der Waals surface area contributed by atoms with Crippen molar-refractivity contribution >= 4 is 11.8 Å². The monoisotopic (exact) mass is 253 g/mol. The second kappa shape index (κ2) is 7.03. The molecule has 0 aliphatic rings. The van der Waals surface area contributed by atoms with Gasteiger partial charge in [0.05, 0.1) is 18.8 Å². The molecule has 1 heterocycles. The summed E-state index contributed by atoms with van der Waals surface area (Å²) in [5.41, 5.74) is 6.35. The fourth-order valence-electron chi connectivity index (χ4n) is 1.97. The van der Waals surface area contributed by atoms with Crippen molar-refractivity contribution in [2.24, 2.45) is 0 Å². The Bertz CT molecular complexity index is 388. The van der Waals surface area contributed by atoms with E-state index < -0.39 is 5.97 Å². The summed E-state index contributed by atoms with van der Waals surface area (Å²) in [4.78, 5) is 11.6. The molecular formula is C13H23N3O2. The van der Waals surface area contributed by atoms with E-state index in [-0.39, 0.29) is 6.04 Å². The van der Waals surface area contributed by atoms with Gasteiger partial charge in [-0.25, -0.2) is 9.48 Å². The van der Waals surface area contributed by atoms with Crippen LogP contribution in [0.5, 0.6) is 0 Å². The lowest BCUT2D eigenvalue weighted by Crippen LogP contribution is -2.14. The minimum absolute atomic E-state index is 0.258. The molecule has 102 valence electrons. The zero-order valence-corrected chi connectivity index (χ0v) is 11.5. The number of ether oxygens (including phenoxy) is 1. The van der Waals surface area contributed by atoms with E-state index in [1.807, 2.05) is 0 Å². The van der Waals surface area contributed by atoms with E-state index in [0.717, 1.165) is 25.7 Å². The zero-order chi connectivity index (χ0) is 13.5. The molecule has 0 fully saturated rings. The van der Waals surface area contributed by atoms with Crippen molar-refractivity contribution in [2.45, 2.75) is 52.5 Å². The summed E-state index contributed by atoms with van der Waals surface area (Å²) >= 11 is 0. The number of rotatable bonds is 7. The van der Waals surface area contributed by atoms with Crippen molar-refractivity contribution < 1.29 is 9.53 Å². The Hall–Kier alpha value is -1.52. The zero-order valence-electron chi connectivity index (χ0n) is 11.5. The molecule has 0 aliphatic carbocycles. The average Bonchev–Trinajstić information content (AvgIpc) is 2.73. The van der Waals surface area contributed by atoms with Crippen LogP contribution in [-0.2, 0) is 4.74 Å². The highest BCUT2D eigenvalue weighted by molar-refractivity contribution is 5.93. The number of carbonyl (C=O) groups excluding carboxylic acids is 1. The molecule has 0 aromatic carbocycles. The lowest BCUT2D eigenvalue weighted by Gasteiger charge is -2.16. The number of nitrogen functional groups attached to an aromatic ring is 1. The lowest BCUT2D eigenvalue weighted by molar-refractivity contribution is 0.0527. The normalized spacial score (nSPS) is 12.4. The molecule has 0 amide bonds. The first-order valence-electron chi connectivity index (χ1n) is 6.65. The van der Waals surface area contributed by atoms with Crippen LogP contribution in [-0.4, -0.2) is 22.4 Å².